The molecule has 0 unspecified atom stereocenters. The van der Waals surface area contributed by atoms with Crippen LogP contribution in [0.5, 0.6) is 17.2 Å². The summed E-state index contributed by atoms with van der Waals surface area (Å²) in [7, 11) is 4.96. The van der Waals surface area contributed by atoms with E-state index in [1.165, 1.54) is 0 Å². The van der Waals surface area contributed by atoms with Crippen LogP contribution in [0.1, 0.15) is 24.4 Å². The topological polar surface area (TPSA) is 64.5 Å². The molecule has 1 aromatic heterocycles. The van der Waals surface area contributed by atoms with E-state index in [-0.39, 0.29) is 6.04 Å². The van der Waals surface area contributed by atoms with Crippen molar-refractivity contribution in [3.05, 3.63) is 51.8 Å². The quantitative estimate of drug-likeness (QED) is 0.496. The number of hydrogen-bond donors (Lipinski definition) is 1. The molecule has 7 nitrogen and oxygen atoms in total. The van der Waals surface area contributed by atoms with E-state index in [4.69, 9.17) is 38.0 Å². The smallest absolute Gasteiger partial charge is 0.217 e. The molecule has 9 heteroatoms. The lowest BCUT2D eigenvalue weighted by Crippen LogP contribution is -2.27. The lowest BCUT2D eigenvalue weighted by Gasteiger charge is -2.26. The van der Waals surface area contributed by atoms with Gasteiger partial charge in [-0.2, -0.15) is 4.98 Å². The predicted molar refractivity (Wildman–Crippen MR) is 123 cm³/mol. The molecule has 2 heterocycles. The van der Waals surface area contributed by atoms with E-state index in [0.717, 1.165) is 42.0 Å². The molecule has 0 amide bonds. The number of nitrogens with zero attached hydrogens (tertiary/aromatic N) is 3. The van der Waals surface area contributed by atoms with Gasteiger partial charge in [-0.05, 0) is 49.3 Å². The predicted octanol–water partition coefficient (Wildman–Crippen LogP) is 5.08. The van der Waals surface area contributed by atoms with Crippen LogP contribution in [-0.2, 0) is 6.67 Å². The van der Waals surface area contributed by atoms with Crippen molar-refractivity contribution in [2.45, 2.75) is 25.6 Å². The van der Waals surface area contributed by atoms with Crippen LogP contribution in [0.2, 0.25) is 5.02 Å². The van der Waals surface area contributed by atoms with Gasteiger partial charge < -0.3 is 14.2 Å². The van der Waals surface area contributed by atoms with Crippen LogP contribution in [0.25, 0.3) is 11.4 Å². The lowest BCUT2D eigenvalue weighted by atomic mass is 10.0. The molecule has 1 N–H and O–H groups in total. The number of halogens is 1. The first-order valence-electron chi connectivity index (χ1n) is 10.0. The van der Waals surface area contributed by atoms with E-state index in [9.17, 15) is 0 Å². The fourth-order valence-electron chi connectivity index (χ4n) is 4.06. The summed E-state index contributed by atoms with van der Waals surface area (Å²) in [5, 5.41) is 3.92. The molecule has 1 aliphatic rings. The molecule has 3 aromatic rings. The average molecular weight is 461 g/mol. The van der Waals surface area contributed by atoms with Crippen LogP contribution in [0.4, 0.5) is 0 Å². The minimum atomic E-state index is 0.218. The van der Waals surface area contributed by atoms with Gasteiger partial charge in [-0.3, -0.25) is 10.00 Å². The maximum Gasteiger partial charge on any atom is 0.217 e. The number of methoxy groups -OCH3 is 3. The van der Waals surface area contributed by atoms with Gasteiger partial charge in [0.15, 0.2) is 5.82 Å². The van der Waals surface area contributed by atoms with Crippen LogP contribution in [0.15, 0.2) is 36.4 Å². The average Bonchev–Trinajstić information content (AvgIpc) is 3.40. The highest BCUT2D eigenvalue weighted by atomic mass is 35.5. The molecule has 164 valence electrons. The van der Waals surface area contributed by atoms with Crippen molar-refractivity contribution in [3.63, 3.8) is 0 Å². The number of likely N-dealkylation sites (tertiary alicyclic amines) is 1. The highest BCUT2D eigenvalue weighted by molar-refractivity contribution is 7.71. The van der Waals surface area contributed by atoms with E-state index < -0.39 is 0 Å². The number of aromatic nitrogens is 3. The number of benzene rings is 2. The van der Waals surface area contributed by atoms with Crippen molar-refractivity contribution in [2.75, 3.05) is 27.9 Å². The Bertz CT molecular complexity index is 1130. The van der Waals surface area contributed by atoms with Crippen molar-refractivity contribution in [1.29, 1.82) is 0 Å². The first kappa shape index (κ1) is 21.7. The highest BCUT2D eigenvalue weighted by Crippen LogP contribution is 2.39. The minimum Gasteiger partial charge on any atom is -0.497 e. The summed E-state index contributed by atoms with van der Waals surface area (Å²) in [5.41, 5.74) is 1.92. The van der Waals surface area contributed by atoms with Gasteiger partial charge in [-0.25, -0.2) is 4.68 Å². The number of rotatable bonds is 7. The van der Waals surface area contributed by atoms with Crippen molar-refractivity contribution in [2.24, 2.45) is 0 Å². The van der Waals surface area contributed by atoms with Crippen LogP contribution in [-0.4, -0.2) is 47.5 Å². The molecule has 0 aliphatic carbocycles. The van der Waals surface area contributed by atoms with Gasteiger partial charge in [0.1, 0.15) is 17.2 Å². The normalized spacial score (nSPS) is 16.5. The lowest BCUT2D eigenvalue weighted by molar-refractivity contribution is 0.187. The summed E-state index contributed by atoms with van der Waals surface area (Å²) in [6, 6.07) is 11.6. The number of nitrogens with one attached hydrogen (secondary N) is 1. The van der Waals surface area contributed by atoms with Crippen LogP contribution in [0.3, 0.4) is 0 Å². The zero-order valence-corrected chi connectivity index (χ0v) is 19.3. The molecule has 1 fully saturated rings. The number of ether oxygens (including phenoxy) is 3. The maximum atomic E-state index is 6.19. The molecular weight excluding hydrogens is 436 g/mol. The second-order valence-corrected chi connectivity index (χ2v) is 8.15. The van der Waals surface area contributed by atoms with Crippen LogP contribution < -0.4 is 14.2 Å². The Morgan fingerprint density at radius 3 is 2.65 bits per heavy atom. The Kier molecular flexibility index (Phi) is 6.50. The molecule has 2 aromatic carbocycles. The molecule has 0 bridgehead atoms. The van der Waals surface area contributed by atoms with Gasteiger partial charge >= 0.3 is 0 Å². The van der Waals surface area contributed by atoms with Crippen LogP contribution >= 0.6 is 23.8 Å². The van der Waals surface area contributed by atoms with Gasteiger partial charge in [0.05, 0.1) is 33.6 Å². The second kappa shape index (κ2) is 9.30. The van der Waals surface area contributed by atoms with E-state index in [2.05, 4.69) is 21.0 Å². The Balaban J connectivity index is 1.62. The Hall–Kier alpha value is -2.55. The zero-order chi connectivity index (χ0) is 22.0. The van der Waals surface area contributed by atoms with Gasteiger partial charge in [-0.15, -0.1) is 0 Å². The third kappa shape index (κ3) is 4.42. The number of H-pyrrole nitrogens is 1. The Labute approximate surface area is 191 Å². The summed E-state index contributed by atoms with van der Waals surface area (Å²) in [5.74, 6) is 2.92. The van der Waals surface area contributed by atoms with E-state index >= 15 is 0 Å². The van der Waals surface area contributed by atoms with Gasteiger partial charge in [0, 0.05) is 29.2 Å². The van der Waals surface area contributed by atoms with Crippen LogP contribution in [0, 0.1) is 4.77 Å². The molecule has 0 spiro atoms. The molecule has 0 saturated carbocycles. The van der Waals surface area contributed by atoms with Gasteiger partial charge in [-0.1, -0.05) is 17.7 Å². The van der Waals surface area contributed by atoms with E-state index in [1.807, 2.05) is 28.9 Å². The largest absolute Gasteiger partial charge is 0.497 e. The van der Waals surface area contributed by atoms with Crippen molar-refractivity contribution in [1.82, 2.24) is 19.7 Å². The van der Waals surface area contributed by atoms with E-state index in [0.29, 0.717) is 28.0 Å². The summed E-state index contributed by atoms with van der Waals surface area (Å²) >= 11 is 11.7. The fraction of sp³-hybridized carbons (Fsp3) is 0.364. The van der Waals surface area contributed by atoms with Crippen molar-refractivity contribution < 1.29 is 14.2 Å². The fourth-order valence-corrected chi connectivity index (χ4v) is 4.43. The minimum absolute atomic E-state index is 0.218. The molecule has 1 saturated heterocycles. The molecule has 4 rings (SSSR count). The molecule has 31 heavy (non-hydrogen) atoms. The van der Waals surface area contributed by atoms with Gasteiger partial charge in [0.2, 0.25) is 4.77 Å². The molecule has 1 atom stereocenters. The summed E-state index contributed by atoms with van der Waals surface area (Å²) in [4.78, 5) is 6.91. The summed E-state index contributed by atoms with van der Waals surface area (Å²) in [6.45, 7) is 1.55. The maximum absolute atomic E-state index is 6.19. The highest BCUT2D eigenvalue weighted by Gasteiger charge is 2.29. The SMILES string of the molecule is COc1ccc([C@@H]2CCCN2Cn2[nH]c(-c3cc(Cl)ccc3OC)nc2=S)c(OC)c1. The third-order valence-corrected chi connectivity index (χ3v) is 6.13. The zero-order valence-electron chi connectivity index (χ0n) is 17.7. The molecular formula is C22H25ClN4O3S. The molecule has 0 radical (unpaired) electrons. The first-order chi connectivity index (χ1) is 15.0. The number of hydrogen-bond acceptors (Lipinski definition) is 6. The Morgan fingerprint density at radius 2 is 1.90 bits per heavy atom. The van der Waals surface area contributed by atoms with Gasteiger partial charge in [0.25, 0.3) is 0 Å². The second-order valence-electron chi connectivity index (χ2n) is 7.35. The van der Waals surface area contributed by atoms with E-state index in [1.54, 1.807) is 27.4 Å². The number of aromatic amines is 1. The van der Waals surface area contributed by atoms with Crippen molar-refractivity contribution in [3.8, 4) is 28.6 Å². The Morgan fingerprint density at radius 1 is 1.10 bits per heavy atom. The summed E-state index contributed by atoms with van der Waals surface area (Å²) < 4.78 is 18.8. The third-order valence-electron chi connectivity index (χ3n) is 5.58. The summed E-state index contributed by atoms with van der Waals surface area (Å²) in [6.07, 6.45) is 2.13. The van der Waals surface area contributed by atoms with Crippen molar-refractivity contribution >= 4 is 23.8 Å². The molecule has 1 aliphatic heterocycles. The first-order valence-corrected chi connectivity index (χ1v) is 10.8. The standard InChI is InChI=1S/C22H25ClN4O3S/c1-28-15-7-8-16(20(12-15)30-3)18-5-4-10-26(18)13-27-22(31)24-21(25-27)17-11-14(23)6-9-19(17)29-2/h6-9,11-12,18H,4-5,10,13H2,1-3H3,(H,24,25,31)/t18-/m0/s1. The monoisotopic (exact) mass is 460 g/mol.